The van der Waals surface area contributed by atoms with E-state index >= 15 is 0 Å². The van der Waals surface area contributed by atoms with Crippen LogP contribution in [0.4, 0.5) is 21.7 Å². The molecule has 1 aliphatic heterocycles. The van der Waals surface area contributed by atoms with Crippen LogP contribution >= 0.6 is 11.6 Å². The van der Waals surface area contributed by atoms with Crippen LogP contribution in [0.5, 0.6) is 0 Å². The zero-order valence-corrected chi connectivity index (χ0v) is 29.4. The lowest BCUT2D eigenvalue weighted by molar-refractivity contribution is -0.129. The topological polar surface area (TPSA) is 95.4 Å². The third kappa shape index (κ3) is 6.78. The molecule has 11 heteroatoms. The van der Waals surface area contributed by atoms with Crippen LogP contribution in [0, 0.1) is 25.1 Å². The Morgan fingerprint density at radius 1 is 1.02 bits per heavy atom. The number of aryl methyl sites for hydroxylation is 2. The number of rotatable bonds is 6. The van der Waals surface area contributed by atoms with Crippen LogP contribution in [0.15, 0.2) is 47.4 Å². The number of carbonyl (C=O) groups excluding carboxylic acids is 1. The summed E-state index contributed by atoms with van der Waals surface area (Å²) in [4.78, 5) is 41.6. The van der Waals surface area contributed by atoms with Crippen molar-refractivity contribution in [2.24, 2.45) is 5.41 Å². The van der Waals surface area contributed by atoms with E-state index in [1.165, 1.54) is 11.8 Å². The van der Waals surface area contributed by atoms with Crippen LogP contribution in [0.3, 0.4) is 0 Å². The molecular formula is C37H45ClFN7O2. The number of carbonyl (C=O) groups is 1. The maximum Gasteiger partial charge on any atom is 0.260 e. The molecule has 6 rings (SSSR count). The monoisotopic (exact) mass is 673 g/mol. The van der Waals surface area contributed by atoms with Gasteiger partial charge in [0.15, 0.2) is 0 Å². The number of nitrogens with zero attached hydrogens (tertiary/aromatic N) is 5. The molecule has 2 fully saturated rings. The summed E-state index contributed by atoms with van der Waals surface area (Å²) < 4.78 is 16.4. The van der Waals surface area contributed by atoms with Gasteiger partial charge in [-0.25, -0.2) is 9.37 Å². The highest BCUT2D eigenvalue weighted by Crippen LogP contribution is 2.36. The van der Waals surface area contributed by atoms with Crippen molar-refractivity contribution >= 4 is 45.9 Å². The fraction of sp³-hybridized carbons (Fsp3) is 0.459. The van der Waals surface area contributed by atoms with E-state index in [1.807, 2.05) is 33.8 Å². The van der Waals surface area contributed by atoms with E-state index in [-0.39, 0.29) is 28.6 Å². The Morgan fingerprint density at radius 3 is 2.40 bits per heavy atom. The molecule has 1 saturated heterocycles. The number of hydrogen-bond donors (Lipinski definition) is 2. The van der Waals surface area contributed by atoms with Gasteiger partial charge in [0.25, 0.3) is 5.56 Å². The first kappa shape index (κ1) is 33.9. The largest absolute Gasteiger partial charge is 0.369 e. The van der Waals surface area contributed by atoms with Gasteiger partial charge < -0.3 is 20.4 Å². The minimum atomic E-state index is -0.584. The molecule has 2 aromatic carbocycles. The summed E-state index contributed by atoms with van der Waals surface area (Å²) in [5, 5.41) is 7.15. The fourth-order valence-electron chi connectivity index (χ4n) is 6.89. The number of halogens is 2. The van der Waals surface area contributed by atoms with Gasteiger partial charge >= 0.3 is 0 Å². The molecular weight excluding hydrogens is 629 g/mol. The molecule has 2 aliphatic rings. The summed E-state index contributed by atoms with van der Waals surface area (Å²) in [5.41, 5.74) is 4.32. The average Bonchev–Trinajstić information content (AvgIpc) is 3.04. The van der Waals surface area contributed by atoms with Crippen molar-refractivity contribution in [3.05, 3.63) is 74.9 Å². The maximum atomic E-state index is 14.7. The van der Waals surface area contributed by atoms with Crippen molar-refractivity contribution < 1.29 is 9.18 Å². The molecule has 2 N–H and O–H groups in total. The van der Waals surface area contributed by atoms with Crippen molar-refractivity contribution in [3.8, 4) is 11.1 Å². The number of piperazine rings is 1. The van der Waals surface area contributed by atoms with Crippen molar-refractivity contribution in [2.75, 3.05) is 43.4 Å². The van der Waals surface area contributed by atoms with Crippen LogP contribution in [0.2, 0.25) is 5.02 Å². The highest BCUT2D eigenvalue weighted by molar-refractivity contribution is 6.33. The number of aromatic nitrogens is 3. The number of pyridine rings is 1. The van der Waals surface area contributed by atoms with Crippen LogP contribution in [-0.4, -0.2) is 64.6 Å². The molecule has 0 atom stereocenters. The highest BCUT2D eigenvalue weighted by atomic mass is 35.5. The third-order valence-corrected chi connectivity index (χ3v) is 10.2. The van der Waals surface area contributed by atoms with E-state index < -0.39 is 11.2 Å². The summed E-state index contributed by atoms with van der Waals surface area (Å²) in [6.45, 7) is 13.7. The van der Waals surface area contributed by atoms with Gasteiger partial charge in [0.2, 0.25) is 11.9 Å². The lowest BCUT2D eigenvalue weighted by Crippen LogP contribution is -2.44. The SMILES string of the molecule is Cc1cc(Nc2ncc3c(C)c(-c4cccc(F)c4Cl)c(=O)n(C4CCC(NC(=O)C(C)(C)C)CC4)c3n2)ccc1N1CCN(C)CC1. The van der Waals surface area contributed by atoms with E-state index in [9.17, 15) is 14.0 Å². The van der Waals surface area contributed by atoms with Crippen molar-refractivity contribution in [3.63, 3.8) is 0 Å². The molecule has 0 unspecified atom stereocenters. The van der Waals surface area contributed by atoms with Gasteiger partial charge in [-0.05, 0) is 82.0 Å². The Morgan fingerprint density at radius 2 is 1.73 bits per heavy atom. The normalized spacial score (nSPS) is 19.0. The van der Waals surface area contributed by atoms with Gasteiger partial charge in [-0.15, -0.1) is 0 Å². The number of anilines is 3. The molecule has 0 bridgehead atoms. The smallest absolute Gasteiger partial charge is 0.260 e. The number of hydrogen-bond acceptors (Lipinski definition) is 7. The van der Waals surface area contributed by atoms with Crippen LogP contribution in [0.1, 0.15) is 63.6 Å². The Hall–Kier alpha value is -4.02. The van der Waals surface area contributed by atoms with E-state index in [0.717, 1.165) is 50.3 Å². The standard InChI is InChI=1S/C37H45ClFN7O2/c1-22-20-25(12-15-30(22)45-18-16-44(6)17-19-45)42-36-40-21-28-23(2)31(27-8-7-9-29(39)32(27)38)34(47)46(33(28)43-36)26-13-10-24(11-14-26)41-35(48)37(3,4)5/h7-9,12,15,20-21,24,26H,10-11,13-14,16-19H2,1-6H3,(H,41,48)(H,40,42,43). The summed E-state index contributed by atoms with van der Waals surface area (Å²) in [5.74, 6) is -0.189. The molecule has 1 aliphatic carbocycles. The molecule has 0 spiro atoms. The predicted molar refractivity (Wildman–Crippen MR) is 192 cm³/mol. The van der Waals surface area contributed by atoms with Crippen molar-refractivity contribution in [2.45, 2.75) is 72.4 Å². The molecule has 3 heterocycles. The number of benzene rings is 2. The lowest BCUT2D eigenvalue weighted by atomic mass is 9.88. The zero-order valence-electron chi connectivity index (χ0n) is 28.7. The summed E-state index contributed by atoms with van der Waals surface area (Å²) in [6.07, 6.45) is 4.51. The quantitative estimate of drug-likeness (QED) is 0.227. The van der Waals surface area contributed by atoms with Crippen LogP contribution in [-0.2, 0) is 4.79 Å². The highest BCUT2D eigenvalue weighted by Gasteiger charge is 2.31. The first-order chi connectivity index (χ1) is 22.8. The minimum Gasteiger partial charge on any atom is -0.369 e. The van der Waals surface area contributed by atoms with E-state index in [1.54, 1.807) is 22.9 Å². The fourth-order valence-corrected chi connectivity index (χ4v) is 7.11. The van der Waals surface area contributed by atoms with E-state index in [2.05, 4.69) is 51.5 Å². The van der Waals surface area contributed by atoms with Gasteiger partial charge in [-0.2, -0.15) is 4.98 Å². The van der Waals surface area contributed by atoms with Gasteiger partial charge in [0.05, 0.1) is 10.6 Å². The van der Waals surface area contributed by atoms with Crippen LogP contribution in [0.25, 0.3) is 22.2 Å². The lowest BCUT2D eigenvalue weighted by Gasteiger charge is -2.35. The average molecular weight is 674 g/mol. The summed E-state index contributed by atoms with van der Waals surface area (Å²) in [7, 11) is 2.15. The third-order valence-electron chi connectivity index (χ3n) is 9.80. The molecule has 2 aromatic heterocycles. The Balaban J connectivity index is 1.37. The summed E-state index contributed by atoms with van der Waals surface area (Å²) in [6, 6.07) is 10.6. The molecule has 9 nitrogen and oxygen atoms in total. The second kappa shape index (κ2) is 13.5. The second-order valence-electron chi connectivity index (χ2n) is 14.4. The second-order valence-corrected chi connectivity index (χ2v) is 14.7. The Bertz CT molecular complexity index is 1900. The number of amides is 1. The molecule has 1 amide bonds. The van der Waals surface area contributed by atoms with Crippen molar-refractivity contribution in [1.29, 1.82) is 0 Å². The van der Waals surface area contributed by atoms with Gasteiger partial charge in [-0.3, -0.25) is 14.2 Å². The zero-order chi connectivity index (χ0) is 34.3. The van der Waals surface area contributed by atoms with Gasteiger partial charge in [-0.1, -0.05) is 44.5 Å². The predicted octanol–water partition coefficient (Wildman–Crippen LogP) is 7.01. The van der Waals surface area contributed by atoms with Crippen LogP contribution < -0.4 is 21.1 Å². The number of likely N-dealkylation sites (N-methyl/N-ethyl adjacent to an activating group) is 1. The molecule has 254 valence electrons. The van der Waals surface area contributed by atoms with E-state index in [4.69, 9.17) is 16.6 Å². The van der Waals surface area contributed by atoms with Gasteiger partial charge in [0.1, 0.15) is 11.5 Å². The molecule has 48 heavy (non-hydrogen) atoms. The molecule has 0 radical (unpaired) electrons. The van der Waals surface area contributed by atoms with Crippen molar-refractivity contribution in [1.82, 2.24) is 24.8 Å². The Labute approximate surface area is 286 Å². The molecule has 1 saturated carbocycles. The first-order valence-electron chi connectivity index (χ1n) is 16.8. The number of fused-ring (bicyclic) bond motifs is 1. The van der Waals surface area contributed by atoms with E-state index in [0.29, 0.717) is 46.5 Å². The Kier molecular flexibility index (Phi) is 9.51. The minimum absolute atomic E-state index is 0.0159. The number of nitrogens with one attached hydrogen (secondary N) is 2. The maximum absolute atomic E-state index is 14.7. The first-order valence-corrected chi connectivity index (χ1v) is 17.2. The summed E-state index contributed by atoms with van der Waals surface area (Å²) >= 11 is 6.45. The van der Waals surface area contributed by atoms with Gasteiger partial charge in [0, 0.05) is 72.2 Å². The molecule has 4 aromatic rings.